The number of anilines is 1. The lowest BCUT2D eigenvalue weighted by Gasteiger charge is -2.12. The van der Waals surface area contributed by atoms with Crippen molar-refractivity contribution in [2.24, 2.45) is 0 Å². The summed E-state index contributed by atoms with van der Waals surface area (Å²) in [5, 5.41) is 21.6. The number of nitrogens with zero attached hydrogens (tertiary/aromatic N) is 1. The highest BCUT2D eigenvalue weighted by atomic mass is 79.9. The molecule has 1 amide bonds. The molecule has 0 aliphatic carbocycles. The summed E-state index contributed by atoms with van der Waals surface area (Å²) >= 11 is 12.8. The van der Waals surface area contributed by atoms with Crippen molar-refractivity contribution in [1.29, 1.82) is 5.26 Å². The van der Waals surface area contributed by atoms with E-state index in [0.29, 0.717) is 37.6 Å². The Balaban J connectivity index is 1.74. The second-order valence-electron chi connectivity index (χ2n) is 6.74. The van der Waals surface area contributed by atoms with Crippen LogP contribution in [0.2, 0.25) is 5.02 Å². The average Bonchev–Trinajstić information content (AvgIpc) is 2.78. The Hall–Kier alpha value is -3.12. The van der Waals surface area contributed by atoms with Crippen molar-refractivity contribution in [2.75, 3.05) is 5.32 Å². The van der Waals surface area contributed by atoms with Crippen molar-refractivity contribution < 1.29 is 19.4 Å². The van der Waals surface area contributed by atoms with Gasteiger partial charge in [-0.2, -0.15) is 5.26 Å². The number of halogens is 3. The molecule has 3 aromatic rings. The summed E-state index contributed by atoms with van der Waals surface area (Å²) in [6, 6.07) is 18.3. The number of ether oxygens (including phenoxy) is 1. The molecule has 0 saturated carbocycles. The van der Waals surface area contributed by atoms with Gasteiger partial charge in [0.1, 0.15) is 24.0 Å². The summed E-state index contributed by atoms with van der Waals surface area (Å²) in [7, 11) is 0. The van der Waals surface area contributed by atoms with Gasteiger partial charge in [0, 0.05) is 10.7 Å². The Bertz CT molecular complexity index is 1240. The Morgan fingerprint density at radius 1 is 1.06 bits per heavy atom. The Morgan fingerprint density at radius 2 is 1.67 bits per heavy atom. The van der Waals surface area contributed by atoms with Crippen LogP contribution in [0.15, 0.2) is 75.2 Å². The van der Waals surface area contributed by atoms with Crippen LogP contribution in [0.1, 0.15) is 21.5 Å². The van der Waals surface area contributed by atoms with Gasteiger partial charge in [0.05, 0.1) is 14.5 Å². The number of carboxylic acid groups (broad SMARTS) is 1. The maximum absolute atomic E-state index is 12.5. The molecule has 2 N–H and O–H groups in total. The molecule has 0 spiro atoms. The quantitative estimate of drug-likeness (QED) is 0.236. The number of nitrogens with one attached hydrogen (secondary N) is 1. The van der Waals surface area contributed by atoms with E-state index in [1.54, 1.807) is 24.3 Å². The van der Waals surface area contributed by atoms with Crippen LogP contribution < -0.4 is 10.1 Å². The normalized spacial score (nSPS) is 10.9. The number of carbonyl (C=O) groups is 2. The summed E-state index contributed by atoms with van der Waals surface area (Å²) in [6.45, 7) is 0.329. The third-order valence-corrected chi connectivity index (χ3v) is 5.81. The zero-order valence-corrected chi connectivity index (χ0v) is 20.7. The van der Waals surface area contributed by atoms with E-state index < -0.39 is 11.9 Å². The zero-order valence-electron chi connectivity index (χ0n) is 16.8. The lowest BCUT2D eigenvalue weighted by Crippen LogP contribution is -2.13. The first kappa shape index (κ1) is 24.5. The van der Waals surface area contributed by atoms with E-state index in [9.17, 15) is 14.9 Å². The third-order valence-electron chi connectivity index (χ3n) is 4.38. The molecule has 9 heteroatoms. The van der Waals surface area contributed by atoms with Crippen molar-refractivity contribution in [3.05, 3.63) is 96.9 Å². The van der Waals surface area contributed by atoms with Crippen molar-refractivity contribution >= 4 is 67.1 Å². The maximum atomic E-state index is 12.5. The van der Waals surface area contributed by atoms with Crippen molar-refractivity contribution in [3.8, 4) is 11.8 Å². The molecule has 3 aromatic carbocycles. The lowest BCUT2D eigenvalue weighted by atomic mass is 10.1. The second-order valence-corrected chi connectivity index (χ2v) is 8.88. The molecular formula is C24H15Br2ClN2O4. The van der Waals surface area contributed by atoms with Crippen LogP contribution in [0.3, 0.4) is 0 Å². The van der Waals surface area contributed by atoms with Gasteiger partial charge >= 0.3 is 5.97 Å². The van der Waals surface area contributed by atoms with Crippen molar-refractivity contribution in [1.82, 2.24) is 0 Å². The molecule has 6 nitrogen and oxygen atoms in total. The smallest absolute Gasteiger partial charge is 0.335 e. The number of hydrogen-bond donors (Lipinski definition) is 2. The molecule has 0 atom stereocenters. The predicted octanol–water partition coefficient (Wildman–Crippen LogP) is 6.69. The third kappa shape index (κ3) is 6.68. The number of carbonyl (C=O) groups excluding carboxylic acids is 1. The minimum Gasteiger partial charge on any atom is -0.487 e. The molecular weight excluding hydrogens is 576 g/mol. The first-order valence-corrected chi connectivity index (χ1v) is 11.4. The minimum absolute atomic E-state index is 0.0946. The predicted molar refractivity (Wildman–Crippen MR) is 133 cm³/mol. The van der Waals surface area contributed by atoms with Crippen molar-refractivity contribution in [2.45, 2.75) is 6.61 Å². The largest absolute Gasteiger partial charge is 0.487 e. The molecule has 0 heterocycles. The fourth-order valence-electron chi connectivity index (χ4n) is 2.75. The molecule has 33 heavy (non-hydrogen) atoms. The van der Waals surface area contributed by atoms with Gasteiger partial charge in [0.25, 0.3) is 5.91 Å². The molecule has 0 saturated heterocycles. The molecule has 0 radical (unpaired) electrons. The monoisotopic (exact) mass is 588 g/mol. The van der Waals surface area contributed by atoms with E-state index in [-0.39, 0.29) is 11.1 Å². The maximum Gasteiger partial charge on any atom is 0.335 e. The number of amides is 1. The molecule has 0 aliphatic rings. The standard InChI is InChI=1S/C24H15Br2ClN2O4/c25-20-10-15(11-21(26)22(20)33-13-14-1-5-18(27)6-2-14)9-17(12-28)23(30)29-19-7-3-16(4-8-19)24(31)32/h1-11H,13H2,(H,29,30)(H,31,32)/b17-9+. The summed E-state index contributed by atoms with van der Waals surface area (Å²) in [4.78, 5) is 23.4. The molecule has 0 aromatic heterocycles. The highest BCUT2D eigenvalue weighted by molar-refractivity contribution is 9.11. The zero-order chi connectivity index (χ0) is 24.0. The highest BCUT2D eigenvalue weighted by Gasteiger charge is 2.13. The number of carboxylic acids is 1. The summed E-state index contributed by atoms with van der Waals surface area (Å²) < 4.78 is 7.17. The highest BCUT2D eigenvalue weighted by Crippen LogP contribution is 2.36. The Labute approximate surface area is 211 Å². The number of benzene rings is 3. The summed E-state index contributed by atoms with van der Waals surface area (Å²) in [5.41, 5.74) is 1.89. The van der Waals surface area contributed by atoms with Crippen LogP contribution in [0.25, 0.3) is 6.08 Å². The number of aromatic carboxylic acids is 1. The van der Waals surface area contributed by atoms with E-state index in [0.717, 1.165) is 5.56 Å². The fraction of sp³-hybridized carbons (Fsp3) is 0.0417. The average molecular weight is 591 g/mol. The van der Waals surface area contributed by atoms with E-state index in [4.69, 9.17) is 21.4 Å². The first-order valence-electron chi connectivity index (χ1n) is 9.39. The van der Waals surface area contributed by atoms with Gasteiger partial charge < -0.3 is 15.2 Å². The Kier molecular flexibility index (Phi) is 8.28. The fourth-order valence-corrected chi connectivity index (χ4v) is 4.32. The van der Waals surface area contributed by atoms with Gasteiger partial charge in [-0.3, -0.25) is 4.79 Å². The van der Waals surface area contributed by atoms with E-state index >= 15 is 0 Å². The molecule has 0 fully saturated rings. The van der Waals surface area contributed by atoms with E-state index in [2.05, 4.69) is 37.2 Å². The van der Waals surface area contributed by atoms with Crippen LogP contribution in [0, 0.1) is 11.3 Å². The summed E-state index contributed by atoms with van der Waals surface area (Å²) in [6.07, 6.45) is 1.44. The molecule has 0 aliphatic heterocycles. The van der Waals surface area contributed by atoms with E-state index in [1.165, 1.54) is 30.3 Å². The lowest BCUT2D eigenvalue weighted by molar-refractivity contribution is -0.112. The first-order chi connectivity index (χ1) is 15.8. The van der Waals surface area contributed by atoms with Crippen LogP contribution in [0.4, 0.5) is 5.69 Å². The Morgan fingerprint density at radius 3 is 2.21 bits per heavy atom. The summed E-state index contributed by atoms with van der Waals surface area (Å²) in [5.74, 6) is -1.11. The number of rotatable bonds is 7. The SMILES string of the molecule is N#C/C(=C\c1cc(Br)c(OCc2ccc(Cl)cc2)c(Br)c1)C(=O)Nc1ccc(C(=O)O)cc1. The second kappa shape index (κ2) is 11.1. The molecule has 166 valence electrons. The van der Waals surface area contributed by atoms with Crippen molar-refractivity contribution in [3.63, 3.8) is 0 Å². The van der Waals surface area contributed by atoms with Gasteiger partial charge in [-0.1, -0.05) is 23.7 Å². The molecule has 3 rings (SSSR count). The topological polar surface area (TPSA) is 99.4 Å². The van der Waals surface area contributed by atoms with Gasteiger partial charge in [0.15, 0.2) is 0 Å². The number of hydrogen-bond acceptors (Lipinski definition) is 4. The van der Waals surface area contributed by atoms with Gasteiger partial charge in [-0.25, -0.2) is 4.79 Å². The number of nitriles is 1. The van der Waals surface area contributed by atoms with E-state index in [1.807, 2.05) is 18.2 Å². The van der Waals surface area contributed by atoms with Gasteiger partial charge in [-0.05, 0) is 97.6 Å². The van der Waals surface area contributed by atoms with Crippen LogP contribution in [-0.2, 0) is 11.4 Å². The van der Waals surface area contributed by atoms with Gasteiger partial charge in [-0.15, -0.1) is 0 Å². The van der Waals surface area contributed by atoms with Gasteiger partial charge in [0.2, 0.25) is 0 Å². The molecule has 0 unspecified atom stereocenters. The van der Waals surface area contributed by atoms with Crippen LogP contribution >= 0.6 is 43.5 Å². The minimum atomic E-state index is -1.07. The van der Waals surface area contributed by atoms with Crippen LogP contribution in [0.5, 0.6) is 5.75 Å². The molecule has 0 bridgehead atoms. The van der Waals surface area contributed by atoms with Crippen LogP contribution in [-0.4, -0.2) is 17.0 Å².